The fraction of sp³-hybridized carbons (Fsp3) is 0.500. The SMILES string of the molecule is CCOC(=O)c1oc(C)c(C(=O)OCC)c1C(=O)OCC. The molecule has 7 heteroatoms. The van der Waals surface area contributed by atoms with Gasteiger partial charge < -0.3 is 18.6 Å². The Hall–Kier alpha value is -2.31. The van der Waals surface area contributed by atoms with Gasteiger partial charge in [0, 0.05) is 0 Å². The second kappa shape index (κ2) is 7.47. The molecular formula is C14H18O7. The number of ether oxygens (including phenoxy) is 3. The normalized spacial score (nSPS) is 10.1. The van der Waals surface area contributed by atoms with Gasteiger partial charge in [0.15, 0.2) is 0 Å². The Kier molecular flexibility index (Phi) is 5.95. The van der Waals surface area contributed by atoms with Crippen molar-refractivity contribution in [2.24, 2.45) is 0 Å². The fourth-order valence-electron chi connectivity index (χ4n) is 1.73. The first-order chi connectivity index (χ1) is 9.97. The van der Waals surface area contributed by atoms with Gasteiger partial charge in [-0.3, -0.25) is 0 Å². The van der Waals surface area contributed by atoms with E-state index in [0.29, 0.717) is 0 Å². The number of rotatable bonds is 6. The molecule has 0 aromatic carbocycles. The second-order valence-corrected chi connectivity index (χ2v) is 3.90. The highest BCUT2D eigenvalue weighted by atomic mass is 16.6. The molecule has 1 rings (SSSR count). The number of esters is 3. The van der Waals surface area contributed by atoms with Crippen LogP contribution in [0, 0.1) is 6.92 Å². The average Bonchev–Trinajstić information content (AvgIpc) is 2.77. The Labute approximate surface area is 122 Å². The standard InChI is InChI=1S/C14H18O7/c1-5-18-12(15)9-8(4)21-11(14(17)20-7-3)10(9)13(16)19-6-2/h5-7H2,1-4H3. The molecule has 1 aromatic heterocycles. The molecule has 0 unspecified atom stereocenters. The van der Waals surface area contributed by atoms with Crippen molar-refractivity contribution in [1.29, 1.82) is 0 Å². The minimum Gasteiger partial charge on any atom is -0.462 e. The number of carbonyl (C=O) groups excluding carboxylic acids is 3. The maximum absolute atomic E-state index is 12.0. The van der Waals surface area contributed by atoms with Crippen molar-refractivity contribution >= 4 is 17.9 Å². The lowest BCUT2D eigenvalue weighted by Crippen LogP contribution is -2.17. The Morgan fingerprint density at radius 1 is 0.810 bits per heavy atom. The van der Waals surface area contributed by atoms with Crippen molar-refractivity contribution in [3.63, 3.8) is 0 Å². The number of hydrogen-bond donors (Lipinski definition) is 0. The highest BCUT2D eigenvalue weighted by molar-refractivity contribution is 6.10. The quantitative estimate of drug-likeness (QED) is 0.586. The first-order valence-electron chi connectivity index (χ1n) is 6.62. The summed E-state index contributed by atoms with van der Waals surface area (Å²) in [7, 11) is 0. The van der Waals surface area contributed by atoms with Gasteiger partial charge in [-0.2, -0.15) is 0 Å². The fourth-order valence-corrected chi connectivity index (χ4v) is 1.73. The van der Waals surface area contributed by atoms with E-state index in [0.717, 1.165) is 0 Å². The second-order valence-electron chi connectivity index (χ2n) is 3.90. The summed E-state index contributed by atoms with van der Waals surface area (Å²) in [5.41, 5.74) is -0.371. The van der Waals surface area contributed by atoms with Crippen LogP contribution < -0.4 is 0 Å². The number of hydrogen-bond acceptors (Lipinski definition) is 7. The van der Waals surface area contributed by atoms with Crippen LogP contribution >= 0.6 is 0 Å². The van der Waals surface area contributed by atoms with Crippen LogP contribution in [0.25, 0.3) is 0 Å². The van der Waals surface area contributed by atoms with Gasteiger partial charge in [-0.15, -0.1) is 0 Å². The molecule has 0 N–H and O–H groups in total. The summed E-state index contributed by atoms with van der Waals surface area (Å²) in [5, 5.41) is 0. The topological polar surface area (TPSA) is 92.0 Å². The molecule has 1 heterocycles. The molecule has 116 valence electrons. The summed E-state index contributed by atoms with van der Waals surface area (Å²) in [4.78, 5) is 35.8. The Morgan fingerprint density at radius 3 is 1.71 bits per heavy atom. The van der Waals surface area contributed by atoms with E-state index in [1.807, 2.05) is 0 Å². The Morgan fingerprint density at radius 2 is 1.24 bits per heavy atom. The monoisotopic (exact) mass is 298 g/mol. The lowest BCUT2D eigenvalue weighted by Gasteiger charge is -2.05. The van der Waals surface area contributed by atoms with Crippen LogP contribution in [0.5, 0.6) is 0 Å². The molecule has 1 aromatic rings. The molecule has 0 aliphatic carbocycles. The van der Waals surface area contributed by atoms with Gasteiger partial charge in [0.1, 0.15) is 16.9 Å². The molecule has 0 aliphatic rings. The summed E-state index contributed by atoms with van der Waals surface area (Å²) in [6.07, 6.45) is 0. The van der Waals surface area contributed by atoms with Crippen LogP contribution in [-0.4, -0.2) is 37.7 Å². The average molecular weight is 298 g/mol. The maximum Gasteiger partial charge on any atom is 0.375 e. The summed E-state index contributed by atoms with van der Waals surface area (Å²) >= 11 is 0. The molecule has 0 fully saturated rings. The number of aryl methyl sites for hydroxylation is 1. The van der Waals surface area contributed by atoms with Crippen LogP contribution in [-0.2, 0) is 14.2 Å². The van der Waals surface area contributed by atoms with Crippen molar-refractivity contribution in [3.8, 4) is 0 Å². The lowest BCUT2D eigenvalue weighted by molar-refractivity contribution is 0.0446. The van der Waals surface area contributed by atoms with E-state index in [4.69, 9.17) is 18.6 Å². The minimum atomic E-state index is -0.834. The predicted octanol–water partition coefficient (Wildman–Crippen LogP) is 2.12. The van der Waals surface area contributed by atoms with E-state index in [2.05, 4.69) is 0 Å². The third-order valence-electron chi connectivity index (χ3n) is 2.50. The predicted molar refractivity (Wildman–Crippen MR) is 71.3 cm³/mol. The van der Waals surface area contributed by atoms with Gasteiger partial charge in [0.2, 0.25) is 5.76 Å². The van der Waals surface area contributed by atoms with E-state index in [-0.39, 0.29) is 42.5 Å². The van der Waals surface area contributed by atoms with E-state index in [1.165, 1.54) is 6.92 Å². The lowest BCUT2D eigenvalue weighted by atomic mass is 10.1. The van der Waals surface area contributed by atoms with Gasteiger partial charge in [-0.05, 0) is 27.7 Å². The van der Waals surface area contributed by atoms with Crippen LogP contribution in [0.3, 0.4) is 0 Å². The molecule has 0 spiro atoms. The third kappa shape index (κ3) is 3.62. The molecule has 0 bridgehead atoms. The van der Waals surface area contributed by atoms with Crippen molar-refractivity contribution < 1.29 is 33.0 Å². The van der Waals surface area contributed by atoms with Gasteiger partial charge in [-0.25, -0.2) is 14.4 Å². The van der Waals surface area contributed by atoms with Crippen LogP contribution in [0.4, 0.5) is 0 Å². The molecule has 21 heavy (non-hydrogen) atoms. The van der Waals surface area contributed by atoms with E-state index in [9.17, 15) is 14.4 Å². The molecule has 0 atom stereocenters. The number of carbonyl (C=O) groups is 3. The van der Waals surface area contributed by atoms with E-state index >= 15 is 0 Å². The smallest absolute Gasteiger partial charge is 0.375 e. The number of furan rings is 1. The first kappa shape index (κ1) is 16.7. The minimum absolute atomic E-state index is 0.0909. The van der Waals surface area contributed by atoms with E-state index in [1.54, 1.807) is 20.8 Å². The summed E-state index contributed by atoms with van der Waals surface area (Å²) < 4.78 is 19.8. The summed E-state index contributed by atoms with van der Waals surface area (Å²) in [6.45, 7) is 6.63. The summed E-state index contributed by atoms with van der Waals surface area (Å²) in [6, 6.07) is 0. The highest BCUT2D eigenvalue weighted by Crippen LogP contribution is 2.25. The first-order valence-corrected chi connectivity index (χ1v) is 6.62. The van der Waals surface area contributed by atoms with Crippen molar-refractivity contribution in [2.45, 2.75) is 27.7 Å². The largest absolute Gasteiger partial charge is 0.462 e. The van der Waals surface area contributed by atoms with Gasteiger partial charge >= 0.3 is 17.9 Å². The molecule has 0 saturated carbocycles. The van der Waals surface area contributed by atoms with Crippen molar-refractivity contribution in [3.05, 3.63) is 22.6 Å². The van der Waals surface area contributed by atoms with Gasteiger partial charge in [-0.1, -0.05) is 0 Å². The Balaban J connectivity index is 3.38. The summed E-state index contributed by atoms with van der Waals surface area (Å²) in [5.74, 6) is -2.67. The van der Waals surface area contributed by atoms with Crippen LogP contribution in [0.1, 0.15) is 57.8 Å². The third-order valence-corrected chi connectivity index (χ3v) is 2.50. The molecule has 0 amide bonds. The molecule has 0 saturated heterocycles. The van der Waals surface area contributed by atoms with E-state index < -0.39 is 17.9 Å². The van der Waals surface area contributed by atoms with Crippen molar-refractivity contribution in [1.82, 2.24) is 0 Å². The zero-order valence-electron chi connectivity index (χ0n) is 12.5. The van der Waals surface area contributed by atoms with Gasteiger partial charge in [0.25, 0.3) is 0 Å². The highest BCUT2D eigenvalue weighted by Gasteiger charge is 2.34. The van der Waals surface area contributed by atoms with Crippen molar-refractivity contribution in [2.75, 3.05) is 19.8 Å². The maximum atomic E-state index is 12.0. The Bertz CT molecular complexity index is 542. The van der Waals surface area contributed by atoms with Crippen LogP contribution in [0.15, 0.2) is 4.42 Å². The molecule has 0 radical (unpaired) electrons. The molecular weight excluding hydrogens is 280 g/mol. The zero-order valence-corrected chi connectivity index (χ0v) is 12.5. The molecule has 0 aliphatic heterocycles. The van der Waals surface area contributed by atoms with Gasteiger partial charge in [0.05, 0.1) is 19.8 Å². The zero-order chi connectivity index (χ0) is 16.0. The molecule has 7 nitrogen and oxygen atoms in total. The van der Waals surface area contributed by atoms with Crippen LogP contribution in [0.2, 0.25) is 0 Å².